The number of hydrogen-bond donors (Lipinski definition) is 0. The molecule has 3 rings (SSSR count). The Morgan fingerprint density at radius 2 is 1.89 bits per heavy atom. The van der Waals surface area contributed by atoms with E-state index in [9.17, 15) is 9.59 Å². The average Bonchev–Trinajstić information content (AvgIpc) is 3.23. The maximum absolute atomic E-state index is 12.0. The van der Waals surface area contributed by atoms with E-state index in [0.717, 1.165) is 0 Å². The molecule has 0 unspecified atom stereocenters. The Bertz CT molecular complexity index is 951. The van der Waals surface area contributed by atoms with Crippen molar-refractivity contribution in [3.63, 3.8) is 0 Å². The fourth-order valence-electron chi connectivity index (χ4n) is 2.38. The number of carbonyl (C=O) groups is 2. The fourth-order valence-corrected chi connectivity index (χ4v) is 2.38. The van der Waals surface area contributed by atoms with Crippen LogP contribution in [0.25, 0.3) is 11.5 Å². The minimum Gasteiger partial charge on any atom is -0.497 e. The van der Waals surface area contributed by atoms with Crippen LogP contribution in [-0.2, 0) is 9.53 Å². The second-order valence-corrected chi connectivity index (χ2v) is 5.75. The molecule has 0 spiro atoms. The minimum absolute atomic E-state index is 0.160. The van der Waals surface area contributed by atoms with Gasteiger partial charge in [-0.3, -0.25) is 4.79 Å². The van der Waals surface area contributed by atoms with Crippen molar-refractivity contribution in [2.75, 3.05) is 13.7 Å². The number of benzene rings is 2. The van der Waals surface area contributed by atoms with E-state index in [2.05, 4.69) is 10.2 Å². The molecule has 0 saturated carbocycles. The van der Waals surface area contributed by atoms with Gasteiger partial charge in [0.05, 0.1) is 12.7 Å². The minimum atomic E-state index is -0.753. The van der Waals surface area contributed by atoms with Gasteiger partial charge in [0.25, 0.3) is 5.89 Å². The molecule has 144 valence electrons. The van der Waals surface area contributed by atoms with Crippen LogP contribution in [-0.4, -0.2) is 36.2 Å². The van der Waals surface area contributed by atoms with E-state index in [4.69, 9.17) is 18.6 Å². The first kappa shape index (κ1) is 19.1. The highest BCUT2D eigenvalue weighted by atomic mass is 16.6. The number of nitrogens with zero attached hydrogens (tertiary/aromatic N) is 2. The van der Waals surface area contributed by atoms with Crippen LogP contribution in [0.1, 0.15) is 29.3 Å². The molecule has 0 bridgehead atoms. The zero-order valence-corrected chi connectivity index (χ0v) is 15.3. The second-order valence-electron chi connectivity index (χ2n) is 5.75. The molecule has 8 heteroatoms. The third-order valence-corrected chi connectivity index (χ3v) is 3.83. The lowest BCUT2D eigenvalue weighted by Gasteiger charge is -2.11. The van der Waals surface area contributed by atoms with Crippen LogP contribution in [0.2, 0.25) is 0 Å². The Kier molecular flexibility index (Phi) is 6.01. The molecule has 1 atom stereocenters. The topological polar surface area (TPSA) is 101 Å². The highest BCUT2D eigenvalue weighted by molar-refractivity contribution is 5.79. The van der Waals surface area contributed by atoms with Gasteiger partial charge in [0.1, 0.15) is 11.5 Å². The number of para-hydroxylation sites is 1. The summed E-state index contributed by atoms with van der Waals surface area (Å²) < 4.78 is 21.3. The van der Waals surface area contributed by atoms with E-state index in [1.807, 2.05) is 0 Å². The SMILES string of the molecule is COc1ccc(-c2nnc([C@@H](C)OC(=O)COc3ccccc3C=O)o2)cc1. The highest BCUT2D eigenvalue weighted by Gasteiger charge is 2.19. The zero-order valence-electron chi connectivity index (χ0n) is 15.3. The summed E-state index contributed by atoms with van der Waals surface area (Å²) in [5.41, 5.74) is 1.07. The van der Waals surface area contributed by atoms with E-state index in [0.29, 0.717) is 34.8 Å². The lowest BCUT2D eigenvalue weighted by Crippen LogP contribution is -2.17. The summed E-state index contributed by atoms with van der Waals surface area (Å²) in [6.45, 7) is 1.26. The Hall–Kier alpha value is -3.68. The monoisotopic (exact) mass is 382 g/mol. The average molecular weight is 382 g/mol. The number of methoxy groups -OCH3 is 1. The number of carbonyl (C=O) groups excluding carboxylic acids is 2. The van der Waals surface area contributed by atoms with Crippen LogP contribution in [0, 0.1) is 0 Å². The Balaban J connectivity index is 1.58. The number of aromatic nitrogens is 2. The molecule has 1 heterocycles. The Morgan fingerprint density at radius 3 is 2.61 bits per heavy atom. The van der Waals surface area contributed by atoms with Gasteiger partial charge in [0.2, 0.25) is 5.89 Å². The zero-order chi connectivity index (χ0) is 19.9. The van der Waals surface area contributed by atoms with Crippen LogP contribution in [0.3, 0.4) is 0 Å². The summed E-state index contributed by atoms with van der Waals surface area (Å²) in [7, 11) is 1.58. The Labute approximate surface area is 161 Å². The summed E-state index contributed by atoms with van der Waals surface area (Å²) in [6.07, 6.45) is -0.0977. The van der Waals surface area contributed by atoms with Gasteiger partial charge >= 0.3 is 5.97 Å². The van der Waals surface area contributed by atoms with Crippen molar-refractivity contribution in [1.82, 2.24) is 10.2 Å². The van der Waals surface area contributed by atoms with Crippen molar-refractivity contribution >= 4 is 12.3 Å². The molecule has 1 aromatic heterocycles. The molecule has 0 fully saturated rings. The summed E-state index contributed by atoms with van der Waals surface area (Å²) in [5.74, 6) is 0.852. The molecule has 0 amide bonds. The predicted octanol–water partition coefficient (Wildman–Crippen LogP) is 3.24. The number of aldehydes is 1. The quantitative estimate of drug-likeness (QED) is 0.432. The van der Waals surface area contributed by atoms with Crippen molar-refractivity contribution in [3.8, 4) is 23.0 Å². The van der Waals surface area contributed by atoms with Gasteiger partial charge in [0, 0.05) is 5.56 Å². The fraction of sp³-hybridized carbons (Fsp3) is 0.200. The van der Waals surface area contributed by atoms with Crippen LogP contribution < -0.4 is 9.47 Å². The van der Waals surface area contributed by atoms with Crippen LogP contribution in [0.15, 0.2) is 52.9 Å². The van der Waals surface area contributed by atoms with Crippen LogP contribution in [0.5, 0.6) is 11.5 Å². The van der Waals surface area contributed by atoms with Crippen molar-refractivity contribution in [1.29, 1.82) is 0 Å². The first-order valence-electron chi connectivity index (χ1n) is 8.45. The highest BCUT2D eigenvalue weighted by Crippen LogP contribution is 2.24. The largest absolute Gasteiger partial charge is 0.497 e. The second kappa shape index (κ2) is 8.81. The van der Waals surface area contributed by atoms with Crippen molar-refractivity contribution in [2.24, 2.45) is 0 Å². The van der Waals surface area contributed by atoms with Gasteiger partial charge in [-0.2, -0.15) is 0 Å². The Morgan fingerprint density at radius 1 is 1.14 bits per heavy atom. The molecule has 0 saturated heterocycles. The smallest absolute Gasteiger partial charge is 0.344 e. The molecular weight excluding hydrogens is 364 g/mol. The maximum Gasteiger partial charge on any atom is 0.344 e. The molecule has 2 aromatic carbocycles. The van der Waals surface area contributed by atoms with E-state index in [1.165, 1.54) is 0 Å². The summed E-state index contributed by atoms with van der Waals surface area (Å²) >= 11 is 0. The number of esters is 1. The van der Waals surface area contributed by atoms with Gasteiger partial charge in [-0.15, -0.1) is 10.2 Å². The molecule has 0 aliphatic rings. The van der Waals surface area contributed by atoms with Crippen LogP contribution in [0.4, 0.5) is 0 Å². The van der Waals surface area contributed by atoms with E-state index in [1.54, 1.807) is 62.6 Å². The lowest BCUT2D eigenvalue weighted by atomic mass is 10.2. The van der Waals surface area contributed by atoms with Crippen molar-refractivity contribution in [3.05, 3.63) is 60.0 Å². The number of hydrogen-bond acceptors (Lipinski definition) is 8. The standard InChI is InChI=1S/C20H18N2O6/c1-13(27-18(24)12-26-17-6-4-3-5-15(17)11-23)19-21-22-20(28-19)14-7-9-16(25-2)10-8-14/h3-11,13H,12H2,1-2H3/t13-/m1/s1. The van der Waals surface area contributed by atoms with Gasteiger partial charge in [-0.05, 0) is 43.3 Å². The van der Waals surface area contributed by atoms with E-state index < -0.39 is 12.1 Å². The third kappa shape index (κ3) is 4.53. The molecular formula is C20H18N2O6. The molecule has 8 nitrogen and oxygen atoms in total. The molecule has 0 N–H and O–H groups in total. The summed E-state index contributed by atoms with van der Waals surface area (Å²) in [4.78, 5) is 23.0. The molecule has 28 heavy (non-hydrogen) atoms. The van der Waals surface area contributed by atoms with E-state index in [-0.39, 0.29) is 12.5 Å². The summed E-state index contributed by atoms with van der Waals surface area (Å²) in [6, 6.07) is 13.7. The van der Waals surface area contributed by atoms with Crippen molar-refractivity contribution in [2.45, 2.75) is 13.0 Å². The normalized spacial score (nSPS) is 11.5. The number of rotatable bonds is 8. The van der Waals surface area contributed by atoms with E-state index >= 15 is 0 Å². The molecule has 0 aliphatic carbocycles. The molecule has 0 aliphatic heterocycles. The third-order valence-electron chi connectivity index (χ3n) is 3.83. The van der Waals surface area contributed by atoms with Crippen LogP contribution >= 0.6 is 0 Å². The van der Waals surface area contributed by atoms with Gasteiger partial charge < -0.3 is 18.6 Å². The number of ether oxygens (including phenoxy) is 3. The first-order chi connectivity index (χ1) is 13.6. The lowest BCUT2D eigenvalue weighted by molar-refractivity contribution is -0.152. The first-order valence-corrected chi connectivity index (χ1v) is 8.45. The van der Waals surface area contributed by atoms with Gasteiger partial charge in [-0.1, -0.05) is 12.1 Å². The van der Waals surface area contributed by atoms with Gasteiger partial charge in [0.15, 0.2) is 19.0 Å². The maximum atomic E-state index is 12.0. The summed E-state index contributed by atoms with van der Waals surface area (Å²) in [5, 5.41) is 7.89. The predicted molar refractivity (Wildman–Crippen MR) is 98.1 cm³/mol. The van der Waals surface area contributed by atoms with Crippen molar-refractivity contribution < 1.29 is 28.2 Å². The van der Waals surface area contributed by atoms with Gasteiger partial charge in [-0.25, -0.2) is 4.79 Å². The molecule has 3 aromatic rings. The molecule has 0 radical (unpaired) electrons.